The van der Waals surface area contributed by atoms with E-state index in [2.05, 4.69) is 4.90 Å². The second-order valence-corrected chi connectivity index (χ2v) is 4.87. The van der Waals surface area contributed by atoms with Gasteiger partial charge in [-0.25, -0.2) is 0 Å². The van der Waals surface area contributed by atoms with Gasteiger partial charge in [-0.05, 0) is 46.6 Å². The van der Waals surface area contributed by atoms with Gasteiger partial charge in [-0.3, -0.25) is 4.90 Å². The lowest BCUT2D eigenvalue weighted by atomic mass is 9.98. The number of nitrogens with zero attached hydrogens (tertiary/aromatic N) is 1. The zero-order valence-electron chi connectivity index (χ0n) is 9.53. The van der Waals surface area contributed by atoms with Crippen molar-refractivity contribution in [3.05, 3.63) is 0 Å². The molecule has 0 aromatic heterocycles. The van der Waals surface area contributed by atoms with Crippen LogP contribution in [0.1, 0.15) is 40.0 Å². The number of aliphatic hydroxyl groups is 2. The van der Waals surface area contributed by atoms with E-state index in [0.717, 1.165) is 32.4 Å². The summed E-state index contributed by atoms with van der Waals surface area (Å²) in [6.45, 7) is 7.66. The largest absolute Gasteiger partial charge is 0.392 e. The maximum Gasteiger partial charge on any atom is 0.0664 e. The zero-order valence-corrected chi connectivity index (χ0v) is 9.53. The first-order valence-corrected chi connectivity index (χ1v) is 5.57. The predicted octanol–water partition coefficient (Wildman–Crippen LogP) is 0.993. The topological polar surface area (TPSA) is 43.7 Å². The summed E-state index contributed by atoms with van der Waals surface area (Å²) in [7, 11) is 0. The van der Waals surface area contributed by atoms with E-state index in [1.807, 2.05) is 20.8 Å². The molecule has 1 aliphatic heterocycles. The molecular weight excluding hydrogens is 178 g/mol. The smallest absolute Gasteiger partial charge is 0.0664 e. The first kappa shape index (κ1) is 12.0. The van der Waals surface area contributed by atoms with Crippen molar-refractivity contribution in [1.82, 2.24) is 4.90 Å². The fourth-order valence-electron chi connectivity index (χ4n) is 2.00. The van der Waals surface area contributed by atoms with E-state index < -0.39 is 5.60 Å². The molecule has 0 saturated carbocycles. The minimum Gasteiger partial charge on any atom is -0.392 e. The molecule has 1 fully saturated rings. The van der Waals surface area contributed by atoms with Crippen molar-refractivity contribution in [3.63, 3.8) is 0 Å². The Hall–Kier alpha value is -0.120. The van der Waals surface area contributed by atoms with Gasteiger partial charge in [-0.2, -0.15) is 0 Å². The Morgan fingerprint density at radius 3 is 2.43 bits per heavy atom. The molecule has 14 heavy (non-hydrogen) atoms. The van der Waals surface area contributed by atoms with Crippen LogP contribution in [-0.4, -0.2) is 45.9 Å². The van der Waals surface area contributed by atoms with Crippen LogP contribution < -0.4 is 0 Å². The highest BCUT2D eigenvalue weighted by molar-refractivity contribution is 4.82. The van der Waals surface area contributed by atoms with Crippen LogP contribution in [0.25, 0.3) is 0 Å². The summed E-state index contributed by atoms with van der Waals surface area (Å²) in [4.78, 5) is 2.27. The standard InChI is InChI=1S/C11H23NO2/c1-9(10(2)13)12-7-4-5-11(3,14)6-8-12/h9-10,13-14H,4-8H2,1-3H3. The highest BCUT2D eigenvalue weighted by Crippen LogP contribution is 2.22. The summed E-state index contributed by atoms with van der Waals surface area (Å²) in [6.07, 6.45) is 2.41. The van der Waals surface area contributed by atoms with Crippen LogP contribution in [0.15, 0.2) is 0 Å². The normalized spacial score (nSPS) is 34.9. The molecule has 1 heterocycles. The molecular formula is C11H23NO2. The number of hydrogen-bond acceptors (Lipinski definition) is 3. The molecule has 3 nitrogen and oxygen atoms in total. The van der Waals surface area contributed by atoms with Gasteiger partial charge in [0, 0.05) is 12.6 Å². The first-order valence-electron chi connectivity index (χ1n) is 5.57. The van der Waals surface area contributed by atoms with Crippen molar-refractivity contribution < 1.29 is 10.2 Å². The second-order valence-electron chi connectivity index (χ2n) is 4.87. The van der Waals surface area contributed by atoms with Gasteiger partial charge < -0.3 is 10.2 Å². The number of rotatable bonds is 2. The molecule has 1 aliphatic rings. The van der Waals surface area contributed by atoms with E-state index in [4.69, 9.17) is 0 Å². The van der Waals surface area contributed by atoms with Crippen LogP contribution in [-0.2, 0) is 0 Å². The fraction of sp³-hybridized carbons (Fsp3) is 1.00. The van der Waals surface area contributed by atoms with E-state index in [9.17, 15) is 10.2 Å². The molecule has 3 heteroatoms. The van der Waals surface area contributed by atoms with Crippen LogP contribution >= 0.6 is 0 Å². The van der Waals surface area contributed by atoms with E-state index >= 15 is 0 Å². The lowest BCUT2D eigenvalue weighted by Gasteiger charge is -2.30. The second kappa shape index (κ2) is 4.60. The van der Waals surface area contributed by atoms with E-state index in [1.54, 1.807) is 0 Å². The Labute approximate surface area is 86.7 Å². The van der Waals surface area contributed by atoms with Crippen LogP contribution in [0.5, 0.6) is 0 Å². The minimum absolute atomic E-state index is 0.198. The van der Waals surface area contributed by atoms with Gasteiger partial charge in [0.25, 0.3) is 0 Å². The van der Waals surface area contributed by atoms with Crippen molar-refractivity contribution >= 4 is 0 Å². The molecule has 0 amide bonds. The molecule has 84 valence electrons. The number of aliphatic hydroxyl groups excluding tert-OH is 1. The Balaban J connectivity index is 2.50. The van der Waals surface area contributed by atoms with E-state index in [1.165, 1.54) is 0 Å². The molecule has 3 atom stereocenters. The molecule has 0 aromatic rings. The lowest BCUT2D eigenvalue weighted by molar-refractivity contribution is 0.0356. The summed E-state index contributed by atoms with van der Waals surface area (Å²) >= 11 is 0. The SMILES string of the molecule is CC(O)C(C)N1CCCC(C)(O)CC1. The molecule has 1 saturated heterocycles. The molecule has 0 aliphatic carbocycles. The number of likely N-dealkylation sites (tertiary alicyclic amines) is 1. The van der Waals surface area contributed by atoms with Crippen LogP contribution in [0.2, 0.25) is 0 Å². The van der Waals surface area contributed by atoms with Gasteiger partial charge in [-0.15, -0.1) is 0 Å². The van der Waals surface area contributed by atoms with Crippen molar-refractivity contribution in [2.75, 3.05) is 13.1 Å². The van der Waals surface area contributed by atoms with Crippen LogP contribution in [0, 0.1) is 0 Å². The van der Waals surface area contributed by atoms with Crippen LogP contribution in [0.3, 0.4) is 0 Å². The summed E-state index contributed by atoms with van der Waals surface area (Å²) in [5, 5.41) is 19.4. The van der Waals surface area contributed by atoms with Gasteiger partial charge in [0.1, 0.15) is 0 Å². The fourth-order valence-corrected chi connectivity index (χ4v) is 2.00. The maximum absolute atomic E-state index is 9.90. The summed E-state index contributed by atoms with van der Waals surface area (Å²) in [5.74, 6) is 0. The quantitative estimate of drug-likeness (QED) is 0.700. The van der Waals surface area contributed by atoms with Crippen molar-refractivity contribution in [2.45, 2.75) is 57.8 Å². The van der Waals surface area contributed by atoms with Crippen molar-refractivity contribution in [2.24, 2.45) is 0 Å². The Bertz CT molecular complexity index is 180. The molecule has 1 rings (SSSR count). The average molecular weight is 201 g/mol. The first-order chi connectivity index (χ1) is 6.42. The highest BCUT2D eigenvalue weighted by Gasteiger charge is 2.27. The van der Waals surface area contributed by atoms with E-state index in [-0.39, 0.29) is 12.1 Å². The maximum atomic E-state index is 9.90. The highest BCUT2D eigenvalue weighted by atomic mass is 16.3. The molecule has 3 unspecified atom stereocenters. The molecule has 0 aromatic carbocycles. The Morgan fingerprint density at radius 1 is 1.21 bits per heavy atom. The third kappa shape index (κ3) is 3.23. The number of hydrogen-bond donors (Lipinski definition) is 2. The van der Waals surface area contributed by atoms with Gasteiger partial charge in [0.2, 0.25) is 0 Å². The van der Waals surface area contributed by atoms with Gasteiger partial charge >= 0.3 is 0 Å². The van der Waals surface area contributed by atoms with Crippen molar-refractivity contribution in [1.29, 1.82) is 0 Å². The summed E-state index contributed by atoms with van der Waals surface area (Å²) < 4.78 is 0. The van der Waals surface area contributed by atoms with Gasteiger partial charge in [0.05, 0.1) is 11.7 Å². The average Bonchev–Trinajstić information content (AvgIpc) is 2.25. The molecule has 0 bridgehead atoms. The van der Waals surface area contributed by atoms with Gasteiger partial charge in [-0.1, -0.05) is 0 Å². The minimum atomic E-state index is -0.507. The third-order valence-electron chi connectivity index (χ3n) is 3.37. The van der Waals surface area contributed by atoms with E-state index in [0.29, 0.717) is 0 Å². The molecule has 2 N–H and O–H groups in total. The lowest BCUT2D eigenvalue weighted by Crippen LogP contribution is -2.41. The Kier molecular flexibility index (Phi) is 3.93. The monoisotopic (exact) mass is 201 g/mol. The third-order valence-corrected chi connectivity index (χ3v) is 3.37. The molecule has 0 radical (unpaired) electrons. The summed E-state index contributed by atoms with van der Waals surface area (Å²) in [5.41, 5.74) is -0.507. The van der Waals surface area contributed by atoms with Crippen LogP contribution in [0.4, 0.5) is 0 Å². The Morgan fingerprint density at radius 2 is 1.86 bits per heavy atom. The molecule has 0 spiro atoms. The van der Waals surface area contributed by atoms with Crippen molar-refractivity contribution in [3.8, 4) is 0 Å². The zero-order chi connectivity index (χ0) is 10.8. The van der Waals surface area contributed by atoms with Gasteiger partial charge in [0.15, 0.2) is 0 Å². The summed E-state index contributed by atoms with van der Waals surface area (Å²) in [6, 6.07) is 0.198. The predicted molar refractivity (Wildman–Crippen MR) is 57.2 cm³/mol.